The SMILES string of the molecule is CN(C(=O)c1cc[nH]c(=O)c1)C1CN(c2ccc3nnc(C(C)(C)C)n3n2)C1. The van der Waals surface area contributed by atoms with Crippen molar-refractivity contribution in [2.45, 2.75) is 32.2 Å². The van der Waals surface area contributed by atoms with Gasteiger partial charge in [0.15, 0.2) is 11.5 Å². The molecule has 1 saturated heterocycles. The summed E-state index contributed by atoms with van der Waals surface area (Å²) < 4.78 is 1.79. The number of rotatable bonds is 3. The van der Waals surface area contributed by atoms with Crippen LogP contribution in [0.2, 0.25) is 0 Å². The van der Waals surface area contributed by atoms with Crippen LogP contribution in [0, 0.1) is 0 Å². The van der Waals surface area contributed by atoms with E-state index in [4.69, 9.17) is 5.10 Å². The first-order chi connectivity index (χ1) is 13.2. The van der Waals surface area contributed by atoms with E-state index in [1.165, 1.54) is 12.3 Å². The van der Waals surface area contributed by atoms with Crippen LogP contribution in [0.4, 0.5) is 5.82 Å². The predicted octanol–water partition coefficient (Wildman–Crippen LogP) is 1.07. The van der Waals surface area contributed by atoms with E-state index < -0.39 is 0 Å². The molecule has 1 fully saturated rings. The number of fused-ring (bicyclic) bond motifs is 1. The van der Waals surface area contributed by atoms with Crippen LogP contribution >= 0.6 is 0 Å². The van der Waals surface area contributed by atoms with Crippen LogP contribution < -0.4 is 10.5 Å². The lowest BCUT2D eigenvalue weighted by Gasteiger charge is -2.44. The highest BCUT2D eigenvalue weighted by Gasteiger charge is 2.34. The van der Waals surface area contributed by atoms with Crippen molar-refractivity contribution in [1.29, 1.82) is 0 Å². The van der Waals surface area contributed by atoms with Crippen molar-refractivity contribution in [3.8, 4) is 0 Å². The van der Waals surface area contributed by atoms with Crippen molar-refractivity contribution >= 4 is 17.4 Å². The zero-order chi connectivity index (χ0) is 20.1. The Bertz CT molecular complexity index is 1090. The fraction of sp³-hybridized carbons (Fsp3) is 0.421. The molecule has 3 aromatic rings. The molecule has 0 unspecified atom stereocenters. The summed E-state index contributed by atoms with van der Waals surface area (Å²) in [5.41, 5.74) is 0.661. The summed E-state index contributed by atoms with van der Waals surface area (Å²) in [7, 11) is 1.76. The molecule has 0 aliphatic carbocycles. The predicted molar refractivity (Wildman–Crippen MR) is 105 cm³/mol. The van der Waals surface area contributed by atoms with Crippen LogP contribution in [-0.4, -0.2) is 61.8 Å². The number of anilines is 1. The molecule has 0 spiro atoms. The van der Waals surface area contributed by atoms with Crippen LogP contribution in [0.1, 0.15) is 37.0 Å². The molecule has 9 heteroatoms. The molecule has 1 aliphatic heterocycles. The molecule has 0 radical (unpaired) electrons. The number of carbonyl (C=O) groups is 1. The zero-order valence-electron chi connectivity index (χ0n) is 16.4. The summed E-state index contributed by atoms with van der Waals surface area (Å²) >= 11 is 0. The smallest absolute Gasteiger partial charge is 0.254 e. The number of carbonyl (C=O) groups excluding carboxylic acids is 1. The second-order valence-electron chi connectivity index (χ2n) is 8.15. The highest BCUT2D eigenvalue weighted by Crippen LogP contribution is 2.25. The van der Waals surface area contributed by atoms with Gasteiger partial charge in [0.1, 0.15) is 5.82 Å². The summed E-state index contributed by atoms with van der Waals surface area (Å²) in [5.74, 6) is 1.47. The molecule has 9 nitrogen and oxygen atoms in total. The number of aromatic nitrogens is 5. The van der Waals surface area contributed by atoms with Crippen molar-refractivity contribution in [2.24, 2.45) is 0 Å². The molecule has 28 heavy (non-hydrogen) atoms. The Hall–Kier alpha value is -3.23. The van der Waals surface area contributed by atoms with Gasteiger partial charge in [-0.25, -0.2) is 0 Å². The average Bonchev–Trinajstić information content (AvgIpc) is 3.03. The first-order valence-corrected chi connectivity index (χ1v) is 9.18. The Morgan fingerprint density at radius 3 is 2.64 bits per heavy atom. The van der Waals surface area contributed by atoms with Crippen molar-refractivity contribution in [3.05, 3.63) is 52.2 Å². The molecule has 0 bridgehead atoms. The van der Waals surface area contributed by atoms with Gasteiger partial charge in [0.25, 0.3) is 5.91 Å². The van der Waals surface area contributed by atoms with Crippen LogP contribution in [0.15, 0.2) is 35.3 Å². The Morgan fingerprint density at radius 2 is 1.96 bits per heavy atom. The van der Waals surface area contributed by atoms with E-state index in [1.54, 1.807) is 22.5 Å². The molecule has 3 aromatic heterocycles. The van der Waals surface area contributed by atoms with Crippen LogP contribution in [0.5, 0.6) is 0 Å². The molecule has 0 atom stereocenters. The molecule has 0 saturated carbocycles. The summed E-state index contributed by atoms with van der Waals surface area (Å²) in [6.07, 6.45) is 1.49. The Morgan fingerprint density at radius 1 is 1.21 bits per heavy atom. The Kier molecular flexibility index (Phi) is 4.17. The minimum absolute atomic E-state index is 0.0623. The van der Waals surface area contributed by atoms with E-state index in [9.17, 15) is 9.59 Å². The summed E-state index contributed by atoms with van der Waals surface area (Å²) in [6.45, 7) is 7.58. The van der Waals surface area contributed by atoms with Gasteiger partial charge >= 0.3 is 0 Å². The molecule has 1 amide bonds. The highest BCUT2D eigenvalue weighted by molar-refractivity contribution is 5.94. The van der Waals surface area contributed by atoms with E-state index in [-0.39, 0.29) is 22.9 Å². The van der Waals surface area contributed by atoms with Crippen LogP contribution in [0.3, 0.4) is 0 Å². The standard InChI is InChI=1S/C19H23N7O2/c1-19(2,3)18-22-21-14-5-6-15(23-26(14)18)25-10-13(11-25)24(4)17(28)12-7-8-20-16(27)9-12/h5-9,13H,10-11H2,1-4H3,(H,20,27). The maximum absolute atomic E-state index is 12.6. The van der Waals surface area contributed by atoms with Crippen LogP contribution in [-0.2, 0) is 5.41 Å². The quantitative estimate of drug-likeness (QED) is 0.729. The van der Waals surface area contributed by atoms with Gasteiger partial charge < -0.3 is 14.8 Å². The lowest BCUT2D eigenvalue weighted by Crippen LogP contribution is -2.60. The molecular formula is C19H23N7O2. The third-order valence-corrected chi connectivity index (χ3v) is 5.00. The van der Waals surface area contributed by atoms with Gasteiger partial charge in [-0.15, -0.1) is 15.3 Å². The van der Waals surface area contributed by atoms with E-state index in [0.29, 0.717) is 24.3 Å². The maximum atomic E-state index is 12.6. The summed E-state index contributed by atoms with van der Waals surface area (Å²) in [4.78, 5) is 30.3. The third kappa shape index (κ3) is 3.12. The molecule has 0 aromatic carbocycles. The molecule has 146 valence electrons. The van der Waals surface area contributed by atoms with Gasteiger partial charge in [-0.3, -0.25) is 9.59 Å². The molecule has 4 rings (SSSR count). The van der Waals surface area contributed by atoms with Gasteiger partial charge in [0, 0.05) is 43.4 Å². The second-order valence-corrected chi connectivity index (χ2v) is 8.15. The van der Waals surface area contributed by atoms with Gasteiger partial charge in [-0.2, -0.15) is 4.52 Å². The van der Waals surface area contributed by atoms with Gasteiger partial charge in [0.2, 0.25) is 5.56 Å². The van der Waals surface area contributed by atoms with E-state index in [0.717, 1.165) is 11.6 Å². The topological polar surface area (TPSA) is 99.5 Å². The number of pyridine rings is 1. The Balaban J connectivity index is 1.49. The number of likely N-dealkylation sites (N-methyl/N-ethyl adjacent to an activating group) is 1. The minimum atomic E-state index is -0.282. The minimum Gasteiger partial charge on any atom is -0.351 e. The van der Waals surface area contributed by atoms with Crippen molar-refractivity contribution in [1.82, 2.24) is 29.7 Å². The normalized spacial score (nSPS) is 14.9. The highest BCUT2D eigenvalue weighted by atomic mass is 16.2. The molecular weight excluding hydrogens is 358 g/mol. The van der Waals surface area contributed by atoms with Gasteiger partial charge in [0.05, 0.1) is 6.04 Å². The number of hydrogen-bond acceptors (Lipinski definition) is 6. The molecule has 1 aliphatic rings. The summed E-state index contributed by atoms with van der Waals surface area (Å²) in [6, 6.07) is 6.83. The average molecular weight is 381 g/mol. The zero-order valence-corrected chi connectivity index (χ0v) is 16.4. The van der Waals surface area contributed by atoms with Gasteiger partial charge in [-0.1, -0.05) is 20.8 Å². The number of aromatic amines is 1. The number of hydrogen-bond donors (Lipinski definition) is 1. The van der Waals surface area contributed by atoms with Crippen molar-refractivity contribution in [3.63, 3.8) is 0 Å². The number of H-pyrrole nitrogens is 1. The van der Waals surface area contributed by atoms with Gasteiger partial charge in [-0.05, 0) is 18.2 Å². The largest absolute Gasteiger partial charge is 0.351 e. The fourth-order valence-corrected chi connectivity index (χ4v) is 3.25. The second kappa shape index (κ2) is 6.43. The lowest BCUT2D eigenvalue weighted by atomic mass is 9.96. The number of amides is 1. The number of nitrogens with zero attached hydrogens (tertiary/aromatic N) is 6. The molecule has 1 N–H and O–H groups in total. The maximum Gasteiger partial charge on any atom is 0.254 e. The first kappa shape index (κ1) is 18.1. The van der Waals surface area contributed by atoms with E-state index in [1.807, 2.05) is 12.1 Å². The first-order valence-electron chi connectivity index (χ1n) is 9.18. The third-order valence-electron chi connectivity index (χ3n) is 5.00. The fourth-order valence-electron chi connectivity index (χ4n) is 3.25. The Labute approximate surface area is 162 Å². The van der Waals surface area contributed by atoms with Crippen molar-refractivity contribution in [2.75, 3.05) is 25.0 Å². The monoisotopic (exact) mass is 381 g/mol. The van der Waals surface area contributed by atoms with Crippen molar-refractivity contribution < 1.29 is 4.79 Å². The lowest BCUT2D eigenvalue weighted by molar-refractivity contribution is 0.0704. The van der Waals surface area contributed by atoms with E-state index >= 15 is 0 Å². The van der Waals surface area contributed by atoms with Crippen LogP contribution in [0.25, 0.3) is 5.65 Å². The summed E-state index contributed by atoms with van der Waals surface area (Å²) in [5, 5.41) is 13.2. The number of nitrogens with one attached hydrogen (secondary N) is 1. The molecule has 4 heterocycles. The van der Waals surface area contributed by atoms with E-state index in [2.05, 4.69) is 40.9 Å².